The molecule has 0 saturated heterocycles. The van der Waals surface area contributed by atoms with Gasteiger partial charge in [-0.2, -0.15) is 0 Å². The molecule has 1 aliphatic heterocycles. The molecule has 0 bridgehead atoms. The topological polar surface area (TPSA) is 24.4 Å². The average molecular weight is 317 g/mol. The van der Waals surface area contributed by atoms with Crippen LogP contribution in [0.2, 0.25) is 10.0 Å². The fourth-order valence-corrected chi connectivity index (χ4v) is 3.64. The number of nitrogens with one attached hydrogen (secondary N) is 1. The van der Waals surface area contributed by atoms with Gasteiger partial charge in [-0.25, -0.2) is 0 Å². The third-order valence-electron chi connectivity index (χ3n) is 2.73. The van der Waals surface area contributed by atoms with E-state index in [1.54, 1.807) is 17.8 Å². The van der Waals surface area contributed by atoms with Crippen molar-refractivity contribution in [1.29, 1.82) is 0 Å². The first-order valence-corrected chi connectivity index (χ1v) is 7.90. The number of benzene rings is 1. The van der Waals surface area contributed by atoms with Gasteiger partial charge < -0.3 is 5.32 Å². The number of hydrogen-bond donors (Lipinski definition) is 1. The van der Waals surface area contributed by atoms with Gasteiger partial charge in [-0.1, -0.05) is 55.7 Å². The van der Waals surface area contributed by atoms with Gasteiger partial charge in [0, 0.05) is 10.9 Å². The van der Waals surface area contributed by atoms with E-state index >= 15 is 0 Å². The standard InChI is InChI=1S/C14H18Cl2N2S/c1-14(2,3)7-10-8-17-13(19-10)18-9-4-5-11(15)12(16)6-9/h4-6,10H,7-8H2,1-3H3,(H,17,18). The molecule has 1 atom stereocenters. The Morgan fingerprint density at radius 2 is 2.05 bits per heavy atom. The van der Waals surface area contributed by atoms with Crippen LogP contribution in [0, 0.1) is 5.41 Å². The zero-order valence-electron chi connectivity index (χ0n) is 11.3. The summed E-state index contributed by atoms with van der Waals surface area (Å²) < 4.78 is 0. The Balaban J connectivity index is 1.93. The lowest BCUT2D eigenvalue weighted by molar-refractivity contribution is 0.375. The summed E-state index contributed by atoms with van der Waals surface area (Å²) in [6.07, 6.45) is 1.16. The number of halogens is 2. The van der Waals surface area contributed by atoms with Crippen LogP contribution in [0.25, 0.3) is 0 Å². The Bertz CT molecular complexity index is 495. The highest BCUT2D eigenvalue weighted by Crippen LogP contribution is 2.33. The molecule has 1 aliphatic rings. The van der Waals surface area contributed by atoms with E-state index in [1.165, 1.54) is 0 Å². The number of nitrogens with zero attached hydrogens (tertiary/aromatic N) is 1. The molecule has 0 saturated carbocycles. The summed E-state index contributed by atoms with van der Waals surface area (Å²) >= 11 is 13.7. The van der Waals surface area contributed by atoms with Crippen molar-refractivity contribution in [1.82, 2.24) is 0 Å². The minimum atomic E-state index is 0.340. The Hall–Kier alpha value is -0.380. The van der Waals surface area contributed by atoms with E-state index in [1.807, 2.05) is 12.1 Å². The second kappa shape index (κ2) is 5.94. The van der Waals surface area contributed by atoms with Crippen LogP contribution in [0.3, 0.4) is 0 Å². The van der Waals surface area contributed by atoms with Crippen molar-refractivity contribution in [3.05, 3.63) is 28.2 Å². The first-order chi connectivity index (χ1) is 8.83. The minimum absolute atomic E-state index is 0.340. The summed E-state index contributed by atoms with van der Waals surface area (Å²) in [6, 6.07) is 5.53. The Morgan fingerprint density at radius 3 is 2.68 bits per heavy atom. The molecule has 0 aromatic heterocycles. The van der Waals surface area contributed by atoms with E-state index in [-0.39, 0.29) is 0 Å². The number of anilines is 1. The highest BCUT2D eigenvalue weighted by molar-refractivity contribution is 8.15. The first kappa shape index (κ1) is 15.0. The van der Waals surface area contributed by atoms with Gasteiger partial charge in [0.05, 0.1) is 16.6 Å². The lowest BCUT2D eigenvalue weighted by Gasteiger charge is -2.21. The van der Waals surface area contributed by atoms with Crippen LogP contribution in [0.5, 0.6) is 0 Å². The second-order valence-electron chi connectivity index (χ2n) is 5.90. The third-order valence-corrected chi connectivity index (χ3v) is 4.57. The van der Waals surface area contributed by atoms with Gasteiger partial charge in [-0.15, -0.1) is 0 Å². The van der Waals surface area contributed by atoms with Crippen molar-refractivity contribution >= 4 is 45.8 Å². The smallest absolute Gasteiger partial charge is 0.161 e. The molecular weight excluding hydrogens is 299 g/mol. The Kier molecular flexibility index (Phi) is 4.70. The van der Waals surface area contributed by atoms with Gasteiger partial charge in [0.1, 0.15) is 0 Å². The molecule has 0 radical (unpaired) electrons. The predicted octanol–water partition coefficient (Wildman–Crippen LogP) is 5.31. The zero-order valence-corrected chi connectivity index (χ0v) is 13.7. The number of aliphatic imine (C=N–C) groups is 1. The molecule has 5 heteroatoms. The summed E-state index contributed by atoms with van der Waals surface area (Å²) in [5.41, 5.74) is 1.27. The van der Waals surface area contributed by atoms with E-state index in [9.17, 15) is 0 Å². The van der Waals surface area contributed by atoms with Crippen molar-refractivity contribution in [2.75, 3.05) is 11.9 Å². The van der Waals surface area contributed by atoms with E-state index in [0.29, 0.717) is 20.7 Å². The molecule has 1 N–H and O–H groups in total. The molecule has 0 spiro atoms. The molecular formula is C14H18Cl2N2S. The summed E-state index contributed by atoms with van der Waals surface area (Å²) in [5.74, 6) is 0. The number of thioether (sulfide) groups is 1. The minimum Gasteiger partial charge on any atom is -0.335 e. The van der Waals surface area contributed by atoms with E-state index in [4.69, 9.17) is 23.2 Å². The highest BCUT2D eigenvalue weighted by atomic mass is 35.5. The maximum atomic E-state index is 6.00. The molecule has 0 fully saturated rings. The van der Waals surface area contributed by atoms with Gasteiger partial charge in [-0.05, 0) is 30.0 Å². The fraction of sp³-hybridized carbons (Fsp3) is 0.500. The molecule has 2 rings (SSSR count). The fourth-order valence-electron chi connectivity index (χ4n) is 1.97. The van der Waals surface area contributed by atoms with Crippen LogP contribution in [-0.4, -0.2) is 17.0 Å². The number of rotatable bonds is 2. The number of amidine groups is 1. The summed E-state index contributed by atoms with van der Waals surface area (Å²) in [4.78, 5) is 4.54. The molecule has 1 heterocycles. The van der Waals surface area contributed by atoms with Gasteiger partial charge in [0.2, 0.25) is 0 Å². The molecule has 104 valence electrons. The molecule has 1 aromatic carbocycles. The maximum absolute atomic E-state index is 6.00. The lowest BCUT2D eigenvalue weighted by Crippen LogP contribution is -2.16. The second-order valence-corrected chi connectivity index (χ2v) is 8.01. The maximum Gasteiger partial charge on any atom is 0.161 e. The van der Waals surface area contributed by atoms with Crippen molar-refractivity contribution in [2.24, 2.45) is 10.4 Å². The molecule has 2 nitrogen and oxygen atoms in total. The quantitative estimate of drug-likeness (QED) is 0.799. The van der Waals surface area contributed by atoms with E-state index in [2.05, 4.69) is 31.1 Å². The van der Waals surface area contributed by atoms with Crippen molar-refractivity contribution in [3.63, 3.8) is 0 Å². The zero-order chi connectivity index (χ0) is 14.0. The van der Waals surface area contributed by atoms with Crippen molar-refractivity contribution in [2.45, 2.75) is 32.4 Å². The molecule has 19 heavy (non-hydrogen) atoms. The molecule has 1 unspecified atom stereocenters. The van der Waals surface area contributed by atoms with E-state index < -0.39 is 0 Å². The first-order valence-electron chi connectivity index (χ1n) is 6.27. The van der Waals surface area contributed by atoms with Gasteiger partial charge >= 0.3 is 0 Å². The van der Waals surface area contributed by atoms with Gasteiger partial charge in [0.25, 0.3) is 0 Å². The monoisotopic (exact) mass is 316 g/mol. The third kappa shape index (κ3) is 4.59. The molecule has 1 aromatic rings. The average Bonchev–Trinajstić information content (AvgIpc) is 2.68. The number of hydrogen-bond acceptors (Lipinski definition) is 3. The van der Waals surface area contributed by atoms with Gasteiger partial charge in [-0.3, -0.25) is 4.99 Å². The van der Waals surface area contributed by atoms with Crippen LogP contribution in [0.15, 0.2) is 23.2 Å². The lowest BCUT2D eigenvalue weighted by atomic mass is 9.90. The Morgan fingerprint density at radius 1 is 1.32 bits per heavy atom. The SMILES string of the molecule is CC(C)(C)CC1CN=C(Nc2ccc(Cl)c(Cl)c2)S1. The Labute approximate surface area is 129 Å². The molecule has 0 amide bonds. The largest absolute Gasteiger partial charge is 0.335 e. The normalized spacial score (nSPS) is 19.4. The highest BCUT2D eigenvalue weighted by Gasteiger charge is 2.25. The van der Waals surface area contributed by atoms with Crippen LogP contribution in [0.4, 0.5) is 5.69 Å². The van der Waals surface area contributed by atoms with Crippen LogP contribution >= 0.6 is 35.0 Å². The molecule has 0 aliphatic carbocycles. The van der Waals surface area contributed by atoms with Gasteiger partial charge in [0.15, 0.2) is 5.17 Å². The summed E-state index contributed by atoms with van der Waals surface area (Å²) in [5, 5.41) is 5.95. The van der Waals surface area contributed by atoms with Crippen LogP contribution in [-0.2, 0) is 0 Å². The summed E-state index contributed by atoms with van der Waals surface area (Å²) in [7, 11) is 0. The van der Waals surface area contributed by atoms with Crippen LogP contribution < -0.4 is 5.32 Å². The van der Waals surface area contributed by atoms with E-state index in [0.717, 1.165) is 23.8 Å². The predicted molar refractivity (Wildman–Crippen MR) is 87.8 cm³/mol. The van der Waals surface area contributed by atoms with Crippen LogP contribution in [0.1, 0.15) is 27.2 Å². The summed E-state index contributed by atoms with van der Waals surface area (Å²) in [6.45, 7) is 7.67. The van der Waals surface area contributed by atoms with Crippen molar-refractivity contribution < 1.29 is 0 Å². The van der Waals surface area contributed by atoms with Crippen molar-refractivity contribution in [3.8, 4) is 0 Å².